The van der Waals surface area contributed by atoms with E-state index in [0.29, 0.717) is 31.7 Å². The standard InChI is InChI=1S/C18H25NO4/c1-23-16-6-2-4-14(12-16)7-9-17(20)19-11-3-5-15(13-19)8-10-18(21)22/h2,4,6,12,15H,3,5,7-11,13H2,1H3,(H,21,22)/t15-/m1/s1. The third kappa shape index (κ3) is 5.58. The Morgan fingerprint density at radius 3 is 2.91 bits per heavy atom. The zero-order valence-corrected chi connectivity index (χ0v) is 13.7. The minimum atomic E-state index is -0.758. The average Bonchev–Trinajstić information content (AvgIpc) is 2.58. The molecule has 0 aromatic heterocycles. The van der Waals surface area contributed by atoms with E-state index in [1.54, 1.807) is 7.11 Å². The van der Waals surface area contributed by atoms with Crippen LogP contribution in [0.1, 0.15) is 37.7 Å². The van der Waals surface area contributed by atoms with Gasteiger partial charge in [-0.05, 0) is 49.3 Å². The lowest BCUT2D eigenvalue weighted by Crippen LogP contribution is -2.40. The van der Waals surface area contributed by atoms with Crippen LogP contribution in [0.3, 0.4) is 0 Å². The first-order chi connectivity index (χ1) is 11.1. The van der Waals surface area contributed by atoms with Crippen LogP contribution >= 0.6 is 0 Å². The number of nitrogens with zero attached hydrogens (tertiary/aromatic N) is 1. The number of piperidine rings is 1. The van der Waals surface area contributed by atoms with Gasteiger partial charge in [0.1, 0.15) is 5.75 Å². The maximum atomic E-state index is 12.4. The molecule has 5 heteroatoms. The van der Waals surface area contributed by atoms with Crippen LogP contribution in [0.25, 0.3) is 0 Å². The highest BCUT2D eigenvalue weighted by Crippen LogP contribution is 2.22. The summed E-state index contributed by atoms with van der Waals surface area (Å²) in [7, 11) is 1.63. The Balaban J connectivity index is 1.81. The Labute approximate surface area is 137 Å². The molecule has 0 spiro atoms. The topological polar surface area (TPSA) is 66.8 Å². The number of hydrogen-bond acceptors (Lipinski definition) is 3. The Kier molecular flexibility index (Phi) is 6.44. The first-order valence-corrected chi connectivity index (χ1v) is 8.21. The number of aryl methyl sites for hydroxylation is 1. The smallest absolute Gasteiger partial charge is 0.303 e. The highest BCUT2D eigenvalue weighted by Gasteiger charge is 2.23. The maximum absolute atomic E-state index is 12.4. The Morgan fingerprint density at radius 1 is 1.35 bits per heavy atom. The van der Waals surface area contributed by atoms with E-state index >= 15 is 0 Å². The number of hydrogen-bond donors (Lipinski definition) is 1. The van der Waals surface area contributed by atoms with Crippen LogP contribution in [0, 0.1) is 5.92 Å². The van der Waals surface area contributed by atoms with Crippen molar-refractivity contribution >= 4 is 11.9 Å². The van der Waals surface area contributed by atoms with Crippen LogP contribution in [-0.2, 0) is 16.0 Å². The predicted molar refractivity (Wildman–Crippen MR) is 87.5 cm³/mol. The van der Waals surface area contributed by atoms with Gasteiger partial charge in [-0.3, -0.25) is 9.59 Å². The van der Waals surface area contributed by atoms with E-state index in [9.17, 15) is 9.59 Å². The number of aliphatic carboxylic acids is 1. The first-order valence-electron chi connectivity index (χ1n) is 8.21. The molecule has 1 aliphatic rings. The fraction of sp³-hybridized carbons (Fsp3) is 0.556. The van der Waals surface area contributed by atoms with Gasteiger partial charge in [-0.1, -0.05) is 12.1 Å². The Morgan fingerprint density at radius 2 is 2.17 bits per heavy atom. The van der Waals surface area contributed by atoms with Crippen LogP contribution in [0.2, 0.25) is 0 Å². The molecule has 0 aliphatic carbocycles. The van der Waals surface area contributed by atoms with Crippen molar-refractivity contribution in [1.82, 2.24) is 4.90 Å². The zero-order chi connectivity index (χ0) is 16.7. The molecule has 1 heterocycles. The second-order valence-electron chi connectivity index (χ2n) is 6.13. The molecule has 0 radical (unpaired) electrons. The molecule has 126 valence electrons. The summed E-state index contributed by atoms with van der Waals surface area (Å²) in [6.45, 7) is 1.49. The minimum Gasteiger partial charge on any atom is -0.497 e. The molecular formula is C18H25NO4. The predicted octanol–water partition coefficient (Wildman–Crippen LogP) is 2.73. The molecule has 1 aliphatic heterocycles. The third-order valence-electron chi connectivity index (χ3n) is 4.40. The zero-order valence-electron chi connectivity index (χ0n) is 13.7. The number of carboxylic acids is 1. The van der Waals surface area contributed by atoms with Gasteiger partial charge in [0, 0.05) is 25.9 Å². The molecule has 2 rings (SSSR count). The number of methoxy groups -OCH3 is 1. The lowest BCUT2D eigenvalue weighted by atomic mass is 9.93. The first kappa shape index (κ1) is 17.3. The number of carbonyl (C=O) groups excluding carboxylic acids is 1. The highest BCUT2D eigenvalue weighted by molar-refractivity contribution is 5.76. The molecular weight excluding hydrogens is 294 g/mol. The van der Waals surface area contributed by atoms with Crippen LogP contribution in [-0.4, -0.2) is 42.1 Å². The molecule has 1 N–H and O–H groups in total. The monoisotopic (exact) mass is 319 g/mol. The molecule has 0 bridgehead atoms. The average molecular weight is 319 g/mol. The third-order valence-corrected chi connectivity index (χ3v) is 4.40. The number of benzene rings is 1. The van der Waals surface area contributed by atoms with Crippen LogP contribution < -0.4 is 4.74 Å². The van der Waals surface area contributed by atoms with Crippen molar-refractivity contribution in [2.24, 2.45) is 5.92 Å². The SMILES string of the molecule is COc1cccc(CCC(=O)N2CCC[C@H](CCC(=O)O)C2)c1. The van der Waals surface area contributed by atoms with E-state index in [0.717, 1.165) is 30.7 Å². The van der Waals surface area contributed by atoms with E-state index in [-0.39, 0.29) is 12.3 Å². The van der Waals surface area contributed by atoms with E-state index in [4.69, 9.17) is 9.84 Å². The molecule has 1 fully saturated rings. The summed E-state index contributed by atoms with van der Waals surface area (Å²) in [6.07, 6.45) is 4.03. The molecule has 23 heavy (non-hydrogen) atoms. The molecule has 1 amide bonds. The van der Waals surface area contributed by atoms with Gasteiger partial charge in [0.15, 0.2) is 0 Å². The molecule has 1 aromatic rings. The van der Waals surface area contributed by atoms with Crippen molar-refractivity contribution in [3.63, 3.8) is 0 Å². The lowest BCUT2D eigenvalue weighted by Gasteiger charge is -2.32. The summed E-state index contributed by atoms with van der Waals surface area (Å²) >= 11 is 0. The van der Waals surface area contributed by atoms with E-state index in [1.165, 1.54) is 0 Å². The second kappa shape index (κ2) is 8.56. The maximum Gasteiger partial charge on any atom is 0.303 e. The van der Waals surface area contributed by atoms with Crippen LogP contribution in [0.15, 0.2) is 24.3 Å². The normalized spacial score (nSPS) is 17.8. The fourth-order valence-electron chi connectivity index (χ4n) is 3.09. The van der Waals surface area contributed by atoms with E-state index in [2.05, 4.69) is 0 Å². The van der Waals surface area contributed by atoms with Gasteiger partial charge >= 0.3 is 5.97 Å². The van der Waals surface area contributed by atoms with E-state index < -0.39 is 5.97 Å². The molecule has 1 atom stereocenters. The minimum absolute atomic E-state index is 0.160. The Hall–Kier alpha value is -2.04. The number of carbonyl (C=O) groups is 2. The van der Waals surface area contributed by atoms with Gasteiger partial charge < -0.3 is 14.7 Å². The van der Waals surface area contributed by atoms with Crippen LogP contribution in [0.4, 0.5) is 0 Å². The number of ether oxygens (including phenoxy) is 1. The van der Waals surface area contributed by atoms with Gasteiger partial charge in [0.2, 0.25) is 5.91 Å². The van der Waals surface area contributed by atoms with Gasteiger partial charge in [-0.2, -0.15) is 0 Å². The van der Waals surface area contributed by atoms with Crippen molar-refractivity contribution in [3.8, 4) is 5.75 Å². The van der Waals surface area contributed by atoms with Gasteiger partial charge in [-0.25, -0.2) is 0 Å². The van der Waals surface area contributed by atoms with Crippen molar-refractivity contribution < 1.29 is 19.4 Å². The lowest BCUT2D eigenvalue weighted by molar-refractivity contribution is -0.137. The molecule has 1 aromatic carbocycles. The molecule has 5 nitrogen and oxygen atoms in total. The second-order valence-corrected chi connectivity index (χ2v) is 6.13. The molecule has 0 unspecified atom stereocenters. The molecule has 1 saturated heterocycles. The van der Waals surface area contributed by atoms with Gasteiger partial charge in [-0.15, -0.1) is 0 Å². The van der Waals surface area contributed by atoms with E-state index in [1.807, 2.05) is 29.2 Å². The number of amides is 1. The van der Waals surface area contributed by atoms with Crippen molar-refractivity contribution in [1.29, 1.82) is 0 Å². The summed E-state index contributed by atoms with van der Waals surface area (Å²) < 4.78 is 5.19. The largest absolute Gasteiger partial charge is 0.497 e. The summed E-state index contributed by atoms with van der Waals surface area (Å²) in [6, 6.07) is 7.78. The van der Waals surface area contributed by atoms with Gasteiger partial charge in [0.05, 0.1) is 7.11 Å². The number of rotatable bonds is 7. The van der Waals surface area contributed by atoms with Crippen molar-refractivity contribution in [3.05, 3.63) is 29.8 Å². The summed E-state index contributed by atoms with van der Waals surface area (Å²) in [5.74, 6) is 0.529. The van der Waals surface area contributed by atoms with Gasteiger partial charge in [0.25, 0.3) is 0 Å². The van der Waals surface area contributed by atoms with Crippen molar-refractivity contribution in [2.75, 3.05) is 20.2 Å². The fourth-order valence-corrected chi connectivity index (χ4v) is 3.09. The van der Waals surface area contributed by atoms with Crippen LogP contribution in [0.5, 0.6) is 5.75 Å². The quantitative estimate of drug-likeness (QED) is 0.839. The number of likely N-dealkylation sites (tertiary alicyclic amines) is 1. The summed E-state index contributed by atoms with van der Waals surface area (Å²) in [4.78, 5) is 25.0. The summed E-state index contributed by atoms with van der Waals surface area (Å²) in [5, 5.41) is 8.78. The highest BCUT2D eigenvalue weighted by atomic mass is 16.5. The Bertz CT molecular complexity index is 544. The summed E-state index contributed by atoms with van der Waals surface area (Å²) in [5.41, 5.74) is 1.09. The number of carboxylic acid groups (broad SMARTS) is 1. The molecule has 0 saturated carbocycles. The van der Waals surface area contributed by atoms with Crippen molar-refractivity contribution in [2.45, 2.75) is 38.5 Å².